The molecule has 0 radical (unpaired) electrons. The zero-order valence-corrected chi connectivity index (χ0v) is 10.7. The Labute approximate surface area is 113 Å². The van der Waals surface area contributed by atoms with Gasteiger partial charge in [0.25, 0.3) is 0 Å². The van der Waals surface area contributed by atoms with Crippen LogP contribution in [0.3, 0.4) is 0 Å². The van der Waals surface area contributed by atoms with Crippen molar-refractivity contribution in [2.24, 2.45) is 0 Å². The molecule has 0 aliphatic rings. The summed E-state index contributed by atoms with van der Waals surface area (Å²) in [6.45, 7) is -0.0250. The molecular weight excluding hydrogens is 275 g/mol. The topological polar surface area (TPSA) is 64.4 Å². The molecule has 0 fully saturated rings. The van der Waals surface area contributed by atoms with E-state index in [1.54, 1.807) is 6.07 Å². The van der Waals surface area contributed by atoms with E-state index < -0.39 is 11.8 Å². The lowest BCUT2D eigenvalue weighted by atomic mass is 10.2. The number of para-hydroxylation sites is 1. The predicted molar refractivity (Wildman–Crippen MR) is 66.2 cm³/mol. The zero-order valence-electron chi connectivity index (χ0n) is 9.93. The molecule has 100 valence electrons. The van der Waals surface area contributed by atoms with Crippen molar-refractivity contribution < 1.29 is 19.0 Å². The highest BCUT2D eigenvalue weighted by atomic mass is 35.5. The largest absolute Gasteiger partial charge is 0.478 e. The van der Waals surface area contributed by atoms with Crippen molar-refractivity contribution in [1.29, 1.82) is 0 Å². The molecule has 1 aromatic heterocycles. The number of methoxy groups -OCH3 is 1. The number of ether oxygens (including phenoxy) is 1. The lowest BCUT2D eigenvalue weighted by Crippen LogP contribution is -2.01. The molecule has 1 heterocycles. The first-order valence-corrected chi connectivity index (χ1v) is 5.68. The van der Waals surface area contributed by atoms with Crippen molar-refractivity contribution in [2.75, 3.05) is 7.11 Å². The van der Waals surface area contributed by atoms with E-state index in [1.165, 1.54) is 25.3 Å². The molecule has 0 saturated heterocycles. The van der Waals surface area contributed by atoms with E-state index in [2.05, 4.69) is 5.10 Å². The SMILES string of the molecule is COCc1nn(-c2ccccc2F)c(Cl)c1C(=O)O. The van der Waals surface area contributed by atoms with Gasteiger partial charge in [0.15, 0.2) is 0 Å². The number of benzene rings is 1. The highest BCUT2D eigenvalue weighted by Gasteiger charge is 2.23. The Balaban J connectivity index is 2.63. The third-order valence-electron chi connectivity index (χ3n) is 2.48. The van der Waals surface area contributed by atoms with E-state index >= 15 is 0 Å². The molecule has 19 heavy (non-hydrogen) atoms. The monoisotopic (exact) mass is 284 g/mol. The number of nitrogens with zero attached hydrogens (tertiary/aromatic N) is 2. The van der Waals surface area contributed by atoms with Gasteiger partial charge in [-0.3, -0.25) is 0 Å². The average Bonchev–Trinajstić information content (AvgIpc) is 2.67. The smallest absolute Gasteiger partial charge is 0.340 e. The maximum absolute atomic E-state index is 13.7. The molecule has 0 aliphatic heterocycles. The predicted octanol–water partition coefficient (Wildman–Crippen LogP) is 2.51. The summed E-state index contributed by atoms with van der Waals surface area (Å²) in [5.74, 6) is -1.78. The summed E-state index contributed by atoms with van der Waals surface area (Å²) < 4.78 is 19.6. The number of carbonyl (C=O) groups is 1. The molecule has 5 nitrogen and oxygen atoms in total. The minimum absolute atomic E-state index is 0.0250. The maximum atomic E-state index is 13.7. The Morgan fingerprint density at radius 1 is 1.53 bits per heavy atom. The van der Waals surface area contributed by atoms with Gasteiger partial charge in [0.2, 0.25) is 0 Å². The molecule has 0 aliphatic carbocycles. The lowest BCUT2D eigenvalue weighted by Gasteiger charge is -2.03. The first kappa shape index (κ1) is 13.5. The van der Waals surface area contributed by atoms with Crippen molar-refractivity contribution >= 4 is 17.6 Å². The number of hydrogen-bond donors (Lipinski definition) is 1. The number of halogens is 2. The molecule has 2 rings (SSSR count). The van der Waals surface area contributed by atoms with E-state index in [4.69, 9.17) is 21.4 Å². The van der Waals surface area contributed by atoms with E-state index in [0.29, 0.717) is 0 Å². The molecular formula is C12H10ClFN2O3. The lowest BCUT2D eigenvalue weighted by molar-refractivity contribution is 0.0692. The number of rotatable bonds is 4. The summed E-state index contributed by atoms with van der Waals surface area (Å²) in [5, 5.41) is 12.9. The van der Waals surface area contributed by atoms with Crippen LogP contribution >= 0.6 is 11.6 Å². The van der Waals surface area contributed by atoms with Crippen LogP contribution in [0.25, 0.3) is 5.69 Å². The average molecular weight is 285 g/mol. The van der Waals surface area contributed by atoms with Gasteiger partial charge >= 0.3 is 5.97 Å². The second-order valence-electron chi connectivity index (χ2n) is 3.71. The molecule has 0 atom stereocenters. The summed E-state index contributed by atoms with van der Waals surface area (Å²) in [5.41, 5.74) is 0.0346. The summed E-state index contributed by atoms with van der Waals surface area (Å²) in [6, 6.07) is 5.82. The minimum Gasteiger partial charge on any atom is -0.478 e. The van der Waals surface area contributed by atoms with Crippen LogP contribution in [0.5, 0.6) is 0 Å². The molecule has 0 saturated carbocycles. The number of aromatic nitrogens is 2. The molecule has 1 N–H and O–H groups in total. The summed E-state index contributed by atoms with van der Waals surface area (Å²) in [7, 11) is 1.40. The fourth-order valence-corrected chi connectivity index (χ4v) is 1.99. The highest BCUT2D eigenvalue weighted by Crippen LogP contribution is 2.25. The van der Waals surface area contributed by atoms with Crippen LogP contribution in [0.1, 0.15) is 16.1 Å². The maximum Gasteiger partial charge on any atom is 0.340 e. The standard InChI is InChI=1S/C12H10ClFN2O3/c1-19-6-8-10(12(17)18)11(13)16(15-8)9-5-3-2-4-7(9)14/h2-5H,6H2,1H3,(H,17,18). The second-order valence-corrected chi connectivity index (χ2v) is 4.07. The van der Waals surface area contributed by atoms with Crippen molar-refractivity contribution in [3.05, 3.63) is 46.5 Å². The van der Waals surface area contributed by atoms with Crippen molar-refractivity contribution in [2.45, 2.75) is 6.61 Å². The van der Waals surface area contributed by atoms with Crippen molar-refractivity contribution in [1.82, 2.24) is 9.78 Å². The zero-order chi connectivity index (χ0) is 14.0. The van der Waals surface area contributed by atoms with Crippen LogP contribution < -0.4 is 0 Å². The number of carboxylic acid groups (broad SMARTS) is 1. The molecule has 0 spiro atoms. The third kappa shape index (κ3) is 2.45. The van der Waals surface area contributed by atoms with Gasteiger partial charge < -0.3 is 9.84 Å². The Kier molecular flexibility index (Phi) is 3.82. The molecule has 2 aromatic rings. The summed E-state index contributed by atoms with van der Waals surface area (Å²) in [6.07, 6.45) is 0. The fourth-order valence-electron chi connectivity index (χ4n) is 1.67. The van der Waals surface area contributed by atoms with Crippen molar-refractivity contribution in [3.63, 3.8) is 0 Å². The molecule has 0 bridgehead atoms. The first-order chi connectivity index (χ1) is 9.06. The van der Waals surface area contributed by atoms with Gasteiger partial charge in [-0.25, -0.2) is 13.9 Å². The van der Waals surface area contributed by atoms with E-state index in [9.17, 15) is 9.18 Å². The molecule has 0 amide bonds. The van der Waals surface area contributed by atoms with Crippen LogP contribution in [0.15, 0.2) is 24.3 Å². The van der Waals surface area contributed by atoms with Gasteiger partial charge in [-0.15, -0.1) is 0 Å². The van der Waals surface area contributed by atoms with Crippen LogP contribution in [-0.4, -0.2) is 28.0 Å². The van der Waals surface area contributed by atoms with E-state index in [0.717, 1.165) is 4.68 Å². The number of carboxylic acids is 1. The quantitative estimate of drug-likeness (QED) is 0.937. The normalized spacial score (nSPS) is 10.7. The van der Waals surface area contributed by atoms with E-state index in [1.807, 2.05) is 0 Å². The van der Waals surface area contributed by atoms with Crippen molar-refractivity contribution in [3.8, 4) is 5.69 Å². The van der Waals surface area contributed by atoms with Gasteiger partial charge in [0.1, 0.15) is 27.9 Å². The van der Waals surface area contributed by atoms with Gasteiger partial charge in [-0.05, 0) is 12.1 Å². The Bertz CT molecular complexity index is 627. The van der Waals surface area contributed by atoms with E-state index in [-0.39, 0.29) is 28.7 Å². The van der Waals surface area contributed by atoms with Crippen LogP contribution in [0, 0.1) is 5.82 Å². The summed E-state index contributed by atoms with van der Waals surface area (Å²) in [4.78, 5) is 11.2. The van der Waals surface area contributed by atoms with Crippen LogP contribution in [0.4, 0.5) is 4.39 Å². The van der Waals surface area contributed by atoms with Gasteiger partial charge in [-0.2, -0.15) is 5.10 Å². The Morgan fingerprint density at radius 2 is 2.21 bits per heavy atom. The minimum atomic E-state index is -1.24. The second kappa shape index (κ2) is 5.38. The first-order valence-electron chi connectivity index (χ1n) is 5.30. The molecule has 0 unspecified atom stereocenters. The van der Waals surface area contributed by atoms with Gasteiger partial charge in [0, 0.05) is 7.11 Å². The fraction of sp³-hybridized carbons (Fsp3) is 0.167. The highest BCUT2D eigenvalue weighted by molar-refractivity contribution is 6.32. The number of aromatic carboxylic acids is 1. The summed E-state index contributed by atoms with van der Waals surface area (Å²) >= 11 is 5.96. The van der Waals surface area contributed by atoms with Gasteiger partial charge in [0.05, 0.1) is 6.61 Å². The Hall–Kier alpha value is -1.92. The number of hydrogen-bond acceptors (Lipinski definition) is 3. The molecule has 1 aromatic carbocycles. The molecule has 7 heteroatoms. The van der Waals surface area contributed by atoms with Crippen LogP contribution in [-0.2, 0) is 11.3 Å². The van der Waals surface area contributed by atoms with Crippen LogP contribution in [0.2, 0.25) is 5.15 Å². The van der Waals surface area contributed by atoms with Gasteiger partial charge in [-0.1, -0.05) is 23.7 Å². The Morgan fingerprint density at radius 3 is 2.79 bits per heavy atom. The third-order valence-corrected chi connectivity index (χ3v) is 2.83.